The lowest BCUT2D eigenvalue weighted by atomic mass is 9.92. The van der Waals surface area contributed by atoms with Crippen LogP contribution in [0.25, 0.3) is 11.0 Å². The van der Waals surface area contributed by atoms with Gasteiger partial charge in [0.2, 0.25) is 11.8 Å². The fourth-order valence-corrected chi connectivity index (χ4v) is 5.67. The van der Waals surface area contributed by atoms with Crippen molar-refractivity contribution in [2.75, 3.05) is 18.8 Å². The van der Waals surface area contributed by atoms with E-state index in [-0.39, 0.29) is 30.4 Å². The Morgan fingerprint density at radius 2 is 1.71 bits per heavy atom. The van der Waals surface area contributed by atoms with Gasteiger partial charge in [0.1, 0.15) is 6.54 Å². The van der Waals surface area contributed by atoms with Gasteiger partial charge in [0.05, 0.1) is 16.8 Å². The molecule has 1 saturated heterocycles. The second-order valence-corrected chi connectivity index (χ2v) is 10.4. The van der Waals surface area contributed by atoms with Crippen LogP contribution in [-0.2, 0) is 16.1 Å². The number of para-hydroxylation sites is 2. The van der Waals surface area contributed by atoms with E-state index in [1.807, 2.05) is 66.3 Å². The molecule has 1 aromatic heterocycles. The lowest BCUT2D eigenvalue weighted by Gasteiger charge is -2.35. The van der Waals surface area contributed by atoms with Crippen LogP contribution in [0, 0.1) is 11.8 Å². The van der Waals surface area contributed by atoms with Gasteiger partial charge in [-0.3, -0.25) is 9.59 Å². The first-order valence-corrected chi connectivity index (χ1v) is 12.3. The summed E-state index contributed by atoms with van der Waals surface area (Å²) < 4.78 is 1.98. The van der Waals surface area contributed by atoms with Crippen LogP contribution in [0.4, 0.5) is 0 Å². The van der Waals surface area contributed by atoms with Gasteiger partial charge in [-0.1, -0.05) is 37.7 Å². The number of thioether (sulfide) groups is 1. The normalized spacial score (nSPS) is 19.4. The SMILES string of the molecule is CC1CC(C)CN(C(=O)Cn2c(SCC(=O)N(C(C)C)C(C)C)nc3ccccc32)C1. The highest BCUT2D eigenvalue weighted by Crippen LogP contribution is 2.26. The molecule has 0 spiro atoms. The number of nitrogens with zero attached hydrogens (tertiary/aromatic N) is 4. The highest BCUT2D eigenvalue weighted by Gasteiger charge is 2.27. The summed E-state index contributed by atoms with van der Waals surface area (Å²) in [6, 6.07) is 8.18. The Labute approximate surface area is 190 Å². The second-order valence-electron chi connectivity index (χ2n) is 9.49. The van der Waals surface area contributed by atoms with Crippen LogP contribution in [0.5, 0.6) is 0 Å². The summed E-state index contributed by atoms with van der Waals surface area (Å²) in [4.78, 5) is 34.7. The van der Waals surface area contributed by atoms with E-state index >= 15 is 0 Å². The van der Waals surface area contributed by atoms with E-state index in [2.05, 4.69) is 13.8 Å². The van der Waals surface area contributed by atoms with Crippen molar-refractivity contribution in [2.24, 2.45) is 11.8 Å². The third-order valence-electron chi connectivity index (χ3n) is 5.86. The largest absolute Gasteiger partial charge is 0.341 e. The van der Waals surface area contributed by atoms with Gasteiger partial charge in [0, 0.05) is 25.2 Å². The molecule has 1 fully saturated rings. The zero-order chi connectivity index (χ0) is 22.7. The number of amides is 2. The van der Waals surface area contributed by atoms with Crippen LogP contribution < -0.4 is 0 Å². The van der Waals surface area contributed by atoms with Crippen molar-refractivity contribution in [1.82, 2.24) is 19.4 Å². The van der Waals surface area contributed by atoms with Gasteiger partial charge in [-0.25, -0.2) is 4.98 Å². The van der Waals surface area contributed by atoms with Crippen LogP contribution in [0.1, 0.15) is 48.0 Å². The van der Waals surface area contributed by atoms with Gasteiger partial charge in [0.15, 0.2) is 5.16 Å². The molecule has 0 radical (unpaired) electrons. The maximum absolute atomic E-state index is 13.2. The average molecular weight is 445 g/mol. The van der Waals surface area contributed by atoms with Gasteiger partial charge in [-0.05, 0) is 58.1 Å². The van der Waals surface area contributed by atoms with Crippen molar-refractivity contribution in [3.8, 4) is 0 Å². The molecule has 0 N–H and O–H groups in total. The minimum Gasteiger partial charge on any atom is -0.341 e. The summed E-state index contributed by atoms with van der Waals surface area (Å²) >= 11 is 1.42. The molecule has 170 valence electrons. The minimum atomic E-state index is 0.0959. The molecule has 7 heteroatoms. The Morgan fingerprint density at radius 3 is 2.32 bits per heavy atom. The molecule has 6 nitrogen and oxygen atoms in total. The molecule has 2 aromatic rings. The maximum atomic E-state index is 13.2. The fraction of sp³-hybridized carbons (Fsp3) is 0.625. The number of benzene rings is 1. The summed E-state index contributed by atoms with van der Waals surface area (Å²) in [5.41, 5.74) is 1.80. The molecule has 2 heterocycles. The van der Waals surface area contributed by atoms with Crippen LogP contribution >= 0.6 is 11.8 Å². The van der Waals surface area contributed by atoms with Gasteiger partial charge >= 0.3 is 0 Å². The Hall–Kier alpha value is -2.02. The first-order valence-electron chi connectivity index (χ1n) is 11.3. The predicted octanol–water partition coefficient (Wildman–Crippen LogP) is 4.28. The van der Waals surface area contributed by atoms with E-state index in [1.165, 1.54) is 18.2 Å². The van der Waals surface area contributed by atoms with Crippen LogP contribution in [0.3, 0.4) is 0 Å². The van der Waals surface area contributed by atoms with Gasteiger partial charge in [-0.2, -0.15) is 0 Å². The molecule has 2 amide bonds. The monoisotopic (exact) mass is 444 g/mol. The van der Waals surface area contributed by atoms with Crippen molar-refractivity contribution >= 4 is 34.6 Å². The molecule has 0 aliphatic carbocycles. The second kappa shape index (κ2) is 10.1. The van der Waals surface area contributed by atoms with Gasteiger partial charge in [-0.15, -0.1) is 0 Å². The number of imidazole rings is 1. The molecular formula is C24H36N4O2S. The number of aromatic nitrogens is 2. The van der Waals surface area contributed by atoms with Crippen molar-refractivity contribution < 1.29 is 9.59 Å². The van der Waals surface area contributed by atoms with Crippen molar-refractivity contribution in [3.63, 3.8) is 0 Å². The summed E-state index contributed by atoms with van der Waals surface area (Å²) in [7, 11) is 0. The number of hydrogen-bond donors (Lipinski definition) is 0. The van der Waals surface area contributed by atoms with Gasteiger partial charge in [0.25, 0.3) is 0 Å². The van der Waals surface area contributed by atoms with Crippen LogP contribution in [0.2, 0.25) is 0 Å². The number of carbonyl (C=O) groups excluding carboxylic acids is 2. The highest BCUT2D eigenvalue weighted by molar-refractivity contribution is 7.99. The standard InChI is InChI=1S/C24H36N4O2S/c1-16(2)28(17(3)4)23(30)15-31-24-25-20-9-7-8-10-21(20)27(24)14-22(29)26-12-18(5)11-19(6)13-26/h7-10,16-19H,11-15H2,1-6H3. The number of piperidine rings is 1. The smallest absolute Gasteiger partial charge is 0.242 e. The molecule has 2 unspecified atom stereocenters. The van der Waals surface area contributed by atoms with Crippen LogP contribution in [0.15, 0.2) is 29.4 Å². The number of fused-ring (bicyclic) bond motifs is 1. The van der Waals surface area contributed by atoms with Crippen molar-refractivity contribution in [3.05, 3.63) is 24.3 Å². The number of hydrogen-bond acceptors (Lipinski definition) is 4. The molecule has 0 bridgehead atoms. The number of rotatable bonds is 7. The predicted molar refractivity (Wildman–Crippen MR) is 127 cm³/mol. The van der Waals surface area contributed by atoms with E-state index in [9.17, 15) is 9.59 Å². The quantitative estimate of drug-likeness (QED) is 0.598. The number of carbonyl (C=O) groups is 2. The lowest BCUT2D eigenvalue weighted by molar-refractivity contribution is -0.134. The van der Waals surface area contributed by atoms with E-state index in [0.717, 1.165) is 29.3 Å². The Kier molecular flexibility index (Phi) is 7.68. The highest BCUT2D eigenvalue weighted by atomic mass is 32.2. The number of likely N-dealkylation sites (tertiary alicyclic amines) is 1. The zero-order valence-corrected chi connectivity index (χ0v) is 20.5. The van der Waals surface area contributed by atoms with Crippen LogP contribution in [-0.4, -0.2) is 62.1 Å². The molecule has 0 saturated carbocycles. The van der Waals surface area contributed by atoms with Gasteiger partial charge < -0.3 is 14.4 Å². The van der Waals surface area contributed by atoms with Crippen molar-refractivity contribution in [1.29, 1.82) is 0 Å². The molecule has 2 atom stereocenters. The third kappa shape index (κ3) is 5.62. The average Bonchev–Trinajstić information content (AvgIpc) is 3.02. The molecule has 31 heavy (non-hydrogen) atoms. The summed E-state index contributed by atoms with van der Waals surface area (Å²) in [5, 5.41) is 0.730. The van der Waals surface area contributed by atoms with Crippen molar-refractivity contribution in [2.45, 2.75) is 71.7 Å². The van der Waals surface area contributed by atoms with E-state index in [4.69, 9.17) is 4.98 Å². The minimum absolute atomic E-state index is 0.0959. The molecule has 1 aromatic carbocycles. The Bertz CT molecular complexity index is 905. The maximum Gasteiger partial charge on any atom is 0.242 e. The first kappa shape index (κ1) is 23.6. The van der Waals surface area contributed by atoms with E-state index < -0.39 is 0 Å². The Balaban J connectivity index is 1.80. The van der Waals surface area contributed by atoms with E-state index in [0.29, 0.717) is 17.6 Å². The third-order valence-corrected chi connectivity index (χ3v) is 6.82. The zero-order valence-electron chi connectivity index (χ0n) is 19.7. The molecule has 1 aliphatic rings. The summed E-state index contributed by atoms with van der Waals surface area (Å²) in [5.74, 6) is 1.58. The lowest BCUT2D eigenvalue weighted by Crippen LogP contribution is -2.44. The van der Waals surface area contributed by atoms with E-state index in [1.54, 1.807) is 0 Å². The molecule has 3 rings (SSSR count). The first-order chi connectivity index (χ1) is 14.7. The fourth-order valence-electron chi connectivity index (χ4n) is 4.79. The topological polar surface area (TPSA) is 58.4 Å². The summed E-state index contributed by atoms with van der Waals surface area (Å²) in [6.45, 7) is 14.5. The Morgan fingerprint density at radius 1 is 1.10 bits per heavy atom. The molecular weight excluding hydrogens is 408 g/mol. The summed E-state index contributed by atoms with van der Waals surface area (Å²) in [6.07, 6.45) is 1.17. The molecule has 1 aliphatic heterocycles.